The molecule has 4 heterocycles. The highest BCUT2D eigenvalue weighted by Gasteiger charge is 2.14. The first-order valence-corrected chi connectivity index (χ1v) is 11.3. The number of aromatic nitrogens is 4. The number of nitrogens with one attached hydrogen (secondary N) is 2. The van der Waals surface area contributed by atoms with Crippen LogP contribution in [-0.2, 0) is 13.6 Å². The lowest BCUT2D eigenvalue weighted by atomic mass is 10.2. The van der Waals surface area contributed by atoms with E-state index in [0.29, 0.717) is 5.95 Å². The molecule has 1 aliphatic rings. The molecule has 0 unspecified atom stereocenters. The average Bonchev–Trinajstić information content (AvgIpc) is 3.27. The fourth-order valence-electron chi connectivity index (χ4n) is 4.29. The maximum Gasteiger partial charge on any atom is 0.229 e. The fourth-order valence-corrected chi connectivity index (χ4v) is 4.57. The summed E-state index contributed by atoms with van der Waals surface area (Å²) in [6, 6.07) is 8.07. The zero-order chi connectivity index (χ0) is 22.2. The number of piperazine rings is 1. The van der Waals surface area contributed by atoms with Gasteiger partial charge < -0.3 is 19.8 Å². The molecule has 1 saturated heterocycles. The third-order valence-corrected chi connectivity index (χ3v) is 6.79. The van der Waals surface area contributed by atoms with Gasteiger partial charge in [-0.25, -0.2) is 4.98 Å². The van der Waals surface area contributed by atoms with Crippen LogP contribution in [0.4, 0.5) is 11.6 Å². The number of halogens is 1. The Morgan fingerprint density at radius 2 is 1.94 bits per heavy atom. The second-order valence-electron chi connectivity index (χ2n) is 8.45. The maximum absolute atomic E-state index is 6.52. The molecule has 0 atom stereocenters. The van der Waals surface area contributed by atoms with Gasteiger partial charge in [0.15, 0.2) is 0 Å². The van der Waals surface area contributed by atoms with E-state index in [9.17, 15) is 0 Å². The number of hydrogen-bond donors (Lipinski definition) is 2. The molecule has 0 amide bonds. The third kappa shape index (κ3) is 3.99. The van der Waals surface area contributed by atoms with Gasteiger partial charge in [0.05, 0.1) is 5.02 Å². The summed E-state index contributed by atoms with van der Waals surface area (Å²) in [6.07, 6.45) is 6.11. The summed E-state index contributed by atoms with van der Waals surface area (Å²) in [4.78, 5) is 11.7. The topological polar surface area (TPSA) is 62.9 Å². The van der Waals surface area contributed by atoms with Gasteiger partial charge in [-0.05, 0) is 49.2 Å². The molecule has 5 rings (SSSR count). The Morgan fingerprint density at radius 3 is 2.75 bits per heavy atom. The average molecular weight is 450 g/mol. The molecule has 1 aromatic carbocycles. The Morgan fingerprint density at radius 1 is 1.12 bits per heavy atom. The minimum absolute atomic E-state index is 0.556. The van der Waals surface area contributed by atoms with Gasteiger partial charge in [-0.2, -0.15) is 4.98 Å². The normalized spacial score (nSPS) is 14.9. The van der Waals surface area contributed by atoms with Crippen LogP contribution in [0.5, 0.6) is 0 Å². The highest BCUT2D eigenvalue weighted by atomic mass is 35.5. The first-order valence-electron chi connectivity index (χ1n) is 10.9. The van der Waals surface area contributed by atoms with Crippen LogP contribution >= 0.6 is 11.6 Å². The van der Waals surface area contributed by atoms with Crippen LogP contribution in [0.3, 0.4) is 0 Å². The van der Waals surface area contributed by atoms with Crippen LogP contribution in [0.2, 0.25) is 5.02 Å². The molecule has 166 valence electrons. The van der Waals surface area contributed by atoms with Gasteiger partial charge >= 0.3 is 0 Å². The standard InChI is InChI=1S/C24H28ClN7/c1-16-13-32(15-18(16)14-31-10-8-26-9-11-31)22-6-7-27-24(29-22)28-19-4-5-21-20(12-19)23(25)17(2)30(21)3/h4-7,12-13,15,26H,8-11,14H2,1-3H3,(H,27,28,29). The second-order valence-corrected chi connectivity index (χ2v) is 8.83. The number of fused-ring (bicyclic) bond motifs is 1. The summed E-state index contributed by atoms with van der Waals surface area (Å²) in [5, 5.41) is 8.54. The molecule has 0 radical (unpaired) electrons. The number of anilines is 2. The van der Waals surface area contributed by atoms with Gasteiger partial charge in [0.25, 0.3) is 0 Å². The Balaban J connectivity index is 1.37. The van der Waals surface area contributed by atoms with Crippen molar-refractivity contribution in [2.24, 2.45) is 7.05 Å². The van der Waals surface area contributed by atoms with Crippen LogP contribution in [0.15, 0.2) is 42.9 Å². The molecule has 7 nitrogen and oxygen atoms in total. The van der Waals surface area contributed by atoms with Gasteiger partial charge in [0.1, 0.15) is 5.82 Å². The van der Waals surface area contributed by atoms with Crippen molar-refractivity contribution < 1.29 is 0 Å². The predicted molar refractivity (Wildman–Crippen MR) is 130 cm³/mol. The van der Waals surface area contributed by atoms with Crippen molar-refractivity contribution in [3.8, 4) is 5.82 Å². The molecular formula is C24H28ClN7. The Hall–Kier alpha value is -2.87. The van der Waals surface area contributed by atoms with Crippen molar-refractivity contribution in [1.82, 2.24) is 29.3 Å². The Kier molecular flexibility index (Phi) is 5.63. The minimum Gasteiger partial charge on any atom is -0.346 e. The van der Waals surface area contributed by atoms with Crippen LogP contribution in [0, 0.1) is 13.8 Å². The minimum atomic E-state index is 0.556. The van der Waals surface area contributed by atoms with E-state index in [2.05, 4.69) is 55.0 Å². The summed E-state index contributed by atoms with van der Waals surface area (Å²) in [5.74, 6) is 1.40. The van der Waals surface area contributed by atoms with Gasteiger partial charge in [0, 0.05) is 80.6 Å². The first-order chi connectivity index (χ1) is 15.5. The smallest absolute Gasteiger partial charge is 0.229 e. The van der Waals surface area contributed by atoms with Crippen molar-refractivity contribution in [2.45, 2.75) is 20.4 Å². The van der Waals surface area contributed by atoms with E-state index in [1.807, 2.05) is 32.2 Å². The molecule has 3 aromatic heterocycles. The number of hydrogen-bond acceptors (Lipinski definition) is 5. The fraction of sp³-hybridized carbons (Fsp3) is 0.333. The van der Waals surface area contributed by atoms with Crippen molar-refractivity contribution in [3.63, 3.8) is 0 Å². The lowest BCUT2D eigenvalue weighted by Crippen LogP contribution is -2.42. The lowest BCUT2D eigenvalue weighted by molar-refractivity contribution is 0.233. The van der Waals surface area contributed by atoms with E-state index in [4.69, 9.17) is 16.6 Å². The molecule has 4 aromatic rings. The molecule has 0 spiro atoms. The SMILES string of the molecule is Cc1cn(-c2ccnc(Nc3ccc4c(c3)c(Cl)c(C)n4C)n2)cc1CN1CCNCC1. The van der Waals surface area contributed by atoms with Crippen LogP contribution < -0.4 is 10.6 Å². The predicted octanol–water partition coefficient (Wildman–Crippen LogP) is 4.18. The zero-order valence-corrected chi connectivity index (χ0v) is 19.4. The van der Waals surface area contributed by atoms with Crippen LogP contribution in [0.1, 0.15) is 16.8 Å². The lowest BCUT2D eigenvalue weighted by Gasteiger charge is -2.27. The van der Waals surface area contributed by atoms with E-state index >= 15 is 0 Å². The quantitative estimate of drug-likeness (QED) is 0.478. The van der Waals surface area contributed by atoms with E-state index < -0.39 is 0 Å². The highest BCUT2D eigenvalue weighted by molar-refractivity contribution is 6.36. The van der Waals surface area contributed by atoms with Crippen molar-refractivity contribution in [3.05, 3.63) is 64.7 Å². The maximum atomic E-state index is 6.52. The van der Waals surface area contributed by atoms with Crippen LogP contribution in [0.25, 0.3) is 16.7 Å². The summed E-state index contributed by atoms with van der Waals surface area (Å²) < 4.78 is 4.19. The molecule has 0 bridgehead atoms. The molecule has 0 saturated carbocycles. The highest BCUT2D eigenvalue weighted by Crippen LogP contribution is 2.32. The van der Waals surface area contributed by atoms with E-state index in [1.54, 1.807) is 6.20 Å². The molecule has 1 aliphatic heterocycles. The zero-order valence-electron chi connectivity index (χ0n) is 18.7. The monoisotopic (exact) mass is 449 g/mol. The molecule has 1 fully saturated rings. The summed E-state index contributed by atoms with van der Waals surface area (Å²) in [5.41, 5.74) is 5.67. The van der Waals surface area contributed by atoms with E-state index in [-0.39, 0.29) is 0 Å². The van der Waals surface area contributed by atoms with Gasteiger partial charge in [-0.15, -0.1) is 0 Å². The van der Waals surface area contributed by atoms with E-state index in [0.717, 1.165) is 65.8 Å². The van der Waals surface area contributed by atoms with Crippen molar-refractivity contribution >= 4 is 34.1 Å². The van der Waals surface area contributed by atoms with Gasteiger partial charge in [0.2, 0.25) is 5.95 Å². The molecule has 32 heavy (non-hydrogen) atoms. The summed E-state index contributed by atoms with van der Waals surface area (Å²) in [6.45, 7) is 9.43. The first kappa shape index (κ1) is 21.0. The van der Waals surface area contributed by atoms with Crippen LogP contribution in [-0.4, -0.2) is 50.2 Å². The molecule has 8 heteroatoms. The molecular weight excluding hydrogens is 422 g/mol. The Labute approximate surface area is 193 Å². The van der Waals surface area contributed by atoms with Crippen molar-refractivity contribution in [2.75, 3.05) is 31.5 Å². The number of benzene rings is 1. The summed E-state index contributed by atoms with van der Waals surface area (Å²) >= 11 is 6.52. The molecule has 0 aliphatic carbocycles. The largest absolute Gasteiger partial charge is 0.346 e. The summed E-state index contributed by atoms with van der Waals surface area (Å²) in [7, 11) is 2.03. The van der Waals surface area contributed by atoms with E-state index in [1.165, 1.54) is 11.1 Å². The second kappa shape index (κ2) is 8.58. The number of rotatable bonds is 5. The van der Waals surface area contributed by atoms with Gasteiger partial charge in [-0.3, -0.25) is 4.90 Å². The third-order valence-electron chi connectivity index (χ3n) is 6.31. The van der Waals surface area contributed by atoms with Gasteiger partial charge in [-0.1, -0.05) is 11.6 Å². The number of aryl methyl sites for hydroxylation is 2. The van der Waals surface area contributed by atoms with Crippen molar-refractivity contribution in [1.29, 1.82) is 0 Å². The number of nitrogens with zero attached hydrogens (tertiary/aromatic N) is 5. The molecule has 2 N–H and O–H groups in total. The Bertz CT molecular complexity index is 1270.